The summed E-state index contributed by atoms with van der Waals surface area (Å²) < 4.78 is 46.7. The second kappa shape index (κ2) is 9.56. The Kier molecular flexibility index (Phi) is 6.69. The van der Waals surface area contributed by atoms with E-state index in [9.17, 15) is 13.2 Å². The van der Waals surface area contributed by atoms with Gasteiger partial charge in [-0.25, -0.2) is 22.6 Å². The average molecular weight is 539 g/mol. The molecule has 15 heteroatoms. The molecule has 0 saturated heterocycles. The minimum absolute atomic E-state index is 0.128. The molecule has 0 fully saturated rings. The number of sulfonamides is 1. The maximum absolute atomic E-state index is 12.8. The van der Waals surface area contributed by atoms with Gasteiger partial charge in [0, 0.05) is 19.2 Å². The molecule has 1 N–H and O–H groups in total. The van der Waals surface area contributed by atoms with Crippen LogP contribution in [-0.4, -0.2) is 54.1 Å². The van der Waals surface area contributed by atoms with E-state index in [0.29, 0.717) is 27.8 Å². The molecule has 0 atom stereocenters. The summed E-state index contributed by atoms with van der Waals surface area (Å²) in [5, 5.41) is 8.90. The Bertz CT molecular complexity index is 1580. The second-order valence-corrected chi connectivity index (χ2v) is 10.1. The Morgan fingerprint density at radius 3 is 2.37 bits per heavy atom. The van der Waals surface area contributed by atoms with Crippen LogP contribution in [-0.2, 0) is 17.1 Å². The number of hydrogen-bond acceptors (Lipinski definition) is 10. The predicted molar refractivity (Wildman–Crippen MR) is 132 cm³/mol. The topological polar surface area (TPSA) is 139 Å². The van der Waals surface area contributed by atoms with Crippen molar-refractivity contribution in [3.8, 4) is 27.8 Å². The van der Waals surface area contributed by atoms with E-state index < -0.39 is 10.0 Å². The van der Waals surface area contributed by atoms with Gasteiger partial charge in [0.2, 0.25) is 4.47 Å². The van der Waals surface area contributed by atoms with Gasteiger partial charge in [0.25, 0.3) is 15.6 Å². The van der Waals surface area contributed by atoms with Crippen molar-refractivity contribution in [1.29, 1.82) is 0 Å². The molecule has 3 heterocycles. The summed E-state index contributed by atoms with van der Waals surface area (Å²) in [6.07, 6.45) is 4.06. The number of fused-ring (bicyclic) bond motifs is 1. The summed E-state index contributed by atoms with van der Waals surface area (Å²) in [5.74, 6) is 1.22. The molecular weight excluding hydrogens is 520 g/mol. The lowest BCUT2D eigenvalue weighted by molar-refractivity contribution is 0.374. The first kappa shape index (κ1) is 24.5. The summed E-state index contributed by atoms with van der Waals surface area (Å²) >= 11 is 6.89. The number of anilines is 1. The van der Waals surface area contributed by atoms with Crippen LogP contribution in [0.25, 0.3) is 22.3 Å². The van der Waals surface area contributed by atoms with Crippen molar-refractivity contribution < 1.29 is 22.6 Å². The summed E-state index contributed by atoms with van der Waals surface area (Å²) in [5.41, 5.74) is 0.636. The van der Waals surface area contributed by atoms with Gasteiger partial charge in [0.1, 0.15) is 22.8 Å². The number of methoxy groups -OCH3 is 3. The fraction of sp³-hybridized carbons (Fsp3) is 0.200. The number of ether oxygens (including phenoxy) is 3. The minimum atomic E-state index is -3.98. The van der Waals surface area contributed by atoms with Gasteiger partial charge in [-0.05, 0) is 17.7 Å². The molecule has 35 heavy (non-hydrogen) atoms. The van der Waals surface area contributed by atoms with Gasteiger partial charge >= 0.3 is 0 Å². The molecule has 0 bridgehead atoms. The molecule has 0 aliphatic rings. The molecule has 0 saturated carbocycles. The molecule has 3 aromatic heterocycles. The van der Waals surface area contributed by atoms with Gasteiger partial charge in [-0.1, -0.05) is 11.3 Å². The molecule has 0 aliphatic carbocycles. The molecule has 0 spiro atoms. The monoisotopic (exact) mass is 538 g/mol. The minimum Gasteiger partial charge on any atom is -0.496 e. The van der Waals surface area contributed by atoms with Crippen LogP contribution >= 0.6 is 22.9 Å². The zero-order valence-corrected chi connectivity index (χ0v) is 21.2. The first-order chi connectivity index (χ1) is 16.7. The fourth-order valence-corrected chi connectivity index (χ4v) is 4.96. The van der Waals surface area contributed by atoms with Crippen LogP contribution in [0.5, 0.6) is 17.2 Å². The first-order valence-electron chi connectivity index (χ1n) is 9.75. The molecule has 4 aromatic rings. The zero-order chi connectivity index (χ0) is 25.3. The SMILES string of the molecule is COc1cc(OC)c(/C=C/S(=O)(=O)Nc2cnc3c(-c4nnc(Cl)s4)c(=O)n(C)n3c2)c(OC)c1. The van der Waals surface area contributed by atoms with Gasteiger partial charge in [-0.3, -0.25) is 9.52 Å². The second-order valence-electron chi connectivity index (χ2n) is 6.97. The summed E-state index contributed by atoms with van der Waals surface area (Å²) in [4.78, 5) is 17.0. The maximum Gasteiger partial charge on any atom is 0.279 e. The third-order valence-corrected chi connectivity index (χ3v) is 6.95. The fourth-order valence-electron chi connectivity index (χ4n) is 3.28. The van der Waals surface area contributed by atoms with E-state index in [1.807, 2.05) is 0 Å². The highest BCUT2D eigenvalue weighted by atomic mass is 35.5. The van der Waals surface area contributed by atoms with Gasteiger partial charge in [0.05, 0.1) is 50.4 Å². The highest BCUT2D eigenvalue weighted by molar-refractivity contribution is 7.95. The van der Waals surface area contributed by atoms with Crippen molar-refractivity contribution in [1.82, 2.24) is 24.4 Å². The van der Waals surface area contributed by atoms with Crippen LogP contribution < -0.4 is 24.5 Å². The van der Waals surface area contributed by atoms with E-state index in [1.165, 1.54) is 56.0 Å². The number of aryl methyl sites for hydroxylation is 1. The maximum atomic E-state index is 12.8. The molecule has 0 radical (unpaired) electrons. The zero-order valence-electron chi connectivity index (χ0n) is 18.8. The Hall–Kier alpha value is -3.62. The smallest absolute Gasteiger partial charge is 0.279 e. The van der Waals surface area contributed by atoms with Crippen molar-refractivity contribution in [2.75, 3.05) is 26.1 Å². The van der Waals surface area contributed by atoms with Crippen LogP contribution in [0.1, 0.15) is 5.56 Å². The van der Waals surface area contributed by atoms with Gasteiger partial charge in [-0.2, -0.15) is 0 Å². The molecule has 1 aromatic carbocycles. The number of rotatable bonds is 8. The van der Waals surface area contributed by atoms with E-state index in [1.54, 1.807) is 12.1 Å². The van der Waals surface area contributed by atoms with Crippen LogP contribution in [0.4, 0.5) is 5.69 Å². The lowest BCUT2D eigenvalue weighted by atomic mass is 10.1. The molecule has 0 amide bonds. The number of halogens is 1. The number of aromatic nitrogens is 5. The predicted octanol–water partition coefficient (Wildman–Crippen LogP) is 2.64. The highest BCUT2D eigenvalue weighted by Crippen LogP contribution is 2.35. The molecule has 184 valence electrons. The molecule has 0 unspecified atom stereocenters. The summed E-state index contributed by atoms with van der Waals surface area (Å²) in [6, 6.07) is 3.21. The summed E-state index contributed by atoms with van der Waals surface area (Å²) in [6.45, 7) is 0. The van der Waals surface area contributed by atoms with Gasteiger partial charge in [0.15, 0.2) is 10.7 Å². The molecule has 12 nitrogen and oxygen atoms in total. The van der Waals surface area contributed by atoms with Crippen LogP contribution in [0.2, 0.25) is 4.47 Å². The van der Waals surface area contributed by atoms with E-state index in [4.69, 9.17) is 25.8 Å². The molecular formula is C20H19ClN6O6S2. The molecule has 0 aliphatic heterocycles. The van der Waals surface area contributed by atoms with E-state index in [-0.39, 0.29) is 26.9 Å². The third-order valence-electron chi connectivity index (χ3n) is 4.90. The van der Waals surface area contributed by atoms with Crippen molar-refractivity contribution in [2.24, 2.45) is 7.05 Å². The first-order valence-corrected chi connectivity index (χ1v) is 12.5. The van der Waals surface area contributed by atoms with Gasteiger partial charge in [-0.15, -0.1) is 10.2 Å². The van der Waals surface area contributed by atoms with Gasteiger partial charge < -0.3 is 14.2 Å². The van der Waals surface area contributed by atoms with Crippen LogP contribution in [0.3, 0.4) is 0 Å². The standard InChI is InChI=1S/C20H19ClN6O6S2/c1-26-19(28)16(18-23-24-20(21)34-18)17-22-9-11(10-27(17)26)25-35(29,30)6-5-13-14(32-3)7-12(31-2)8-15(13)33-4/h5-10,25H,1-4H3/b6-5+. The molecule has 4 rings (SSSR count). The Morgan fingerprint density at radius 1 is 1.11 bits per heavy atom. The number of benzene rings is 1. The summed E-state index contributed by atoms with van der Waals surface area (Å²) in [7, 11) is 1.93. The van der Waals surface area contributed by atoms with Crippen molar-refractivity contribution >= 4 is 50.4 Å². The number of nitrogens with zero attached hydrogens (tertiary/aromatic N) is 5. The largest absolute Gasteiger partial charge is 0.496 e. The van der Waals surface area contributed by atoms with Crippen molar-refractivity contribution in [3.63, 3.8) is 0 Å². The van der Waals surface area contributed by atoms with E-state index in [0.717, 1.165) is 16.7 Å². The van der Waals surface area contributed by atoms with Crippen molar-refractivity contribution in [3.05, 3.63) is 50.3 Å². The van der Waals surface area contributed by atoms with Crippen LogP contribution in [0, 0.1) is 0 Å². The number of nitrogens with one attached hydrogen (secondary N) is 1. The van der Waals surface area contributed by atoms with E-state index >= 15 is 0 Å². The van der Waals surface area contributed by atoms with E-state index in [2.05, 4.69) is 19.9 Å². The van der Waals surface area contributed by atoms with Crippen LogP contribution in [0.15, 0.2) is 34.7 Å². The lowest BCUT2D eigenvalue weighted by Gasteiger charge is -2.12. The van der Waals surface area contributed by atoms with Crippen molar-refractivity contribution in [2.45, 2.75) is 0 Å². The highest BCUT2D eigenvalue weighted by Gasteiger charge is 2.20. The average Bonchev–Trinajstić information content (AvgIpc) is 3.37. The number of hydrogen-bond donors (Lipinski definition) is 1. The lowest BCUT2D eigenvalue weighted by Crippen LogP contribution is -2.16. The Balaban J connectivity index is 1.67. The quantitative estimate of drug-likeness (QED) is 0.358. The Morgan fingerprint density at radius 2 is 1.80 bits per heavy atom. The Labute approximate surface area is 208 Å². The third kappa shape index (κ3) is 4.80. The normalized spacial score (nSPS) is 11.8.